The van der Waals surface area contributed by atoms with Crippen LogP contribution in [0.2, 0.25) is 5.02 Å². The summed E-state index contributed by atoms with van der Waals surface area (Å²) in [5.41, 5.74) is 2.58. The number of aliphatic carboxylic acids is 1. The number of likely N-dealkylation sites (tertiary alicyclic amines) is 1. The fourth-order valence-corrected chi connectivity index (χ4v) is 6.20. The highest BCUT2D eigenvalue weighted by molar-refractivity contribution is 6.32. The number of anilines is 1. The zero-order chi connectivity index (χ0) is 34.6. The Bertz CT molecular complexity index is 1540. The molecule has 0 aliphatic carbocycles. The van der Waals surface area contributed by atoms with E-state index in [1.165, 1.54) is 4.90 Å². The Morgan fingerprint density at radius 2 is 1.73 bits per heavy atom. The van der Waals surface area contributed by atoms with Crippen molar-refractivity contribution in [1.82, 2.24) is 4.90 Å². The molecule has 1 fully saturated rings. The maximum atomic E-state index is 11.9. The van der Waals surface area contributed by atoms with Gasteiger partial charge >= 0.3 is 12.1 Å². The molecule has 12 nitrogen and oxygen atoms in total. The number of carboxylic acids is 1. The molecule has 5 rings (SSSR count). The van der Waals surface area contributed by atoms with Gasteiger partial charge in [0.25, 0.3) is 0 Å². The molecule has 3 aromatic carbocycles. The van der Waals surface area contributed by atoms with Crippen LogP contribution in [0.25, 0.3) is 0 Å². The minimum absolute atomic E-state index is 0.0529. The van der Waals surface area contributed by atoms with E-state index in [1.54, 1.807) is 19.2 Å². The first kappa shape index (κ1) is 35.9. The van der Waals surface area contributed by atoms with Crippen LogP contribution in [0.5, 0.6) is 23.0 Å². The first-order valence-corrected chi connectivity index (χ1v) is 16.8. The van der Waals surface area contributed by atoms with Crippen molar-refractivity contribution in [3.05, 3.63) is 76.8 Å². The van der Waals surface area contributed by atoms with Gasteiger partial charge in [-0.2, -0.15) is 0 Å². The van der Waals surface area contributed by atoms with Gasteiger partial charge in [-0.3, -0.25) is 0 Å². The summed E-state index contributed by atoms with van der Waals surface area (Å²) < 4.78 is 34.9. The zero-order valence-electron chi connectivity index (χ0n) is 27.6. The lowest BCUT2D eigenvalue weighted by Crippen LogP contribution is -2.46. The SMILES string of the molecule is COCCCN1CCOc2c(OCC(=O)O)cc(CO[C@H]3CN(C(=O)O)CC[C@@H]3c3ccc(OCCCOc4ccccc4Cl)cc3)cc21. The Kier molecular flexibility index (Phi) is 13.1. The molecule has 13 heteroatoms. The Hall–Kier alpha value is -4.39. The van der Waals surface area contributed by atoms with Crippen molar-refractivity contribution in [3.63, 3.8) is 0 Å². The molecule has 2 aliphatic rings. The summed E-state index contributed by atoms with van der Waals surface area (Å²) in [5.74, 6) is 1.04. The lowest BCUT2D eigenvalue weighted by Gasteiger charge is -2.37. The summed E-state index contributed by atoms with van der Waals surface area (Å²) >= 11 is 6.14. The van der Waals surface area contributed by atoms with Gasteiger partial charge < -0.3 is 48.4 Å². The van der Waals surface area contributed by atoms with E-state index in [4.69, 9.17) is 40.0 Å². The number of fused-ring (bicyclic) bond motifs is 1. The van der Waals surface area contributed by atoms with E-state index in [2.05, 4.69) is 4.90 Å². The Labute approximate surface area is 291 Å². The highest BCUT2D eigenvalue weighted by Gasteiger charge is 2.34. The number of piperidine rings is 1. The van der Waals surface area contributed by atoms with Gasteiger partial charge in [-0.25, -0.2) is 9.59 Å². The second-order valence-electron chi connectivity index (χ2n) is 11.8. The van der Waals surface area contributed by atoms with E-state index >= 15 is 0 Å². The molecule has 264 valence electrons. The molecule has 2 N–H and O–H groups in total. The summed E-state index contributed by atoms with van der Waals surface area (Å²) in [5, 5.41) is 19.6. The monoisotopic (exact) mass is 698 g/mol. The predicted octanol–water partition coefficient (Wildman–Crippen LogP) is 5.94. The predicted molar refractivity (Wildman–Crippen MR) is 183 cm³/mol. The minimum Gasteiger partial charge on any atom is -0.493 e. The van der Waals surface area contributed by atoms with Crippen molar-refractivity contribution in [2.45, 2.75) is 37.9 Å². The van der Waals surface area contributed by atoms with Crippen molar-refractivity contribution in [3.8, 4) is 23.0 Å². The lowest BCUT2D eigenvalue weighted by atomic mass is 9.87. The molecule has 0 bridgehead atoms. The highest BCUT2D eigenvalue weighted by atomic mass is 35.5. The minimum atomic E-state index is -1.10. The van der Waals surface area contributed by atoms with Crippen LogP contribution in [-0.4, -0.2) is 99.6 Å². The van der Waals surface area contributed by atoms with Crippen LogP contribution < -0.4 is 23.8 Å². The average molecular weight is 699 g/mol. The first-order chi connectivity index (χ1) is 23.8. The van der Waals surface area contributed by atoms with E-state index in [0.717, 1.165) is 35.5 Å². The van der Waals surface area contributed by atoms with Gasteiger partial charge in [-0.15, -0.1) is 0 Å². The van der Waals surface area contributed by atoms with E-state index in [0.29, 0.717) is 74.6 Å². The maximum absolute atomic E-state index is 11.9. The number of amides is 1. The molecule has 49 heavy (non-hydrogen) atoms. The Morgan fingerprint density at radius 1 is 0.939 bits per heavy atom. The van der Waals surface area contributed by atoms with E-state index in [9.17, 15) is 19.8 Å². The maximum Gasteiger partial charge on any atom is 0.407 e. The average Bonchev–Trinajstić information content (AvgIpc) is 3.10. The molecular formula is C36H43ClN2O10. The molecule has 0 aromatic heterocycles. The van der Waals surface area contributed by atoms with Gasteiger partial charge in [0.05, 0.1) is 49.7 Å². The highest BCUT2D eigenvalue weighted by Crippen LogP contribution is 2.42. The molecule has 2 heterocycles. The number of hydrogen-bond acceptors (Lipinski definition) is 9. The standard InChI is InChI=1S/C36H43ClN2O10/c1-44-16-4-13-38-15-19-47-35-30(38)20-25(21-32(35)49-24-34(40)41)23-48-33-22-39(36(42)43)14-12-28(33)26-8-10-27(11-9-26)45-17-5-18-46-31-7-3-2-6-29(31)37/h2-3,6-11,20-21,28,33H,4-5,12-19,22-24H2,1H3,(H,40,41)(H,42,43)/t28-,33+/m1/s1. The topological polar surface area (TPSA) is 136 Å². The van der Waals surface area contributed by atoms with Crippen LogP contribution >= 0.6 is 11.6 Å². The number of halogens is 1. The summed E-state index contributed by atoms with van der Waals surface area (Å²) in [6, 6.07) is 18.9. The largest absolute Gasteiger partial charge is 0.493 e. The number of benzene rings is 3. The van der Waals surface area contributed by atoms with Gasteiger partial charge in [0.1, 0.15) is 18.1 Å². The molecular weight excluding hydrogens is 656 g/mol. The van der Waals surface area contributed by atoms with Gasteiger partial charge in [0.2, 0.25) is 0 Å². The van der Waals surface area contributed by atoms with E-state index < -0.39 is 24.8 Å². The van der Waals surface area contributed by atoms with Gasteiger partial charge in [0.15, 0.2) is 18.1 Å². The van der Waals surface area contributed by atoms with Gasteiger partial charge in [-0.05, 0) is 60.4 Å². The summed E-state index contributed by atoms with van der Waals surface area (Å²) in [4.78, 5) is 26.8. The third-order valence-electron chi connectivity index (χ3n) is 8.42. The number of nitrogens with zero attached hydrogens (tertiary/aromatic N) is 2. The summed E-state index contributed by atoms with van der Waals surface area (Å²) in [6.45, 7) is 3.62. The second kappa shape index (κ2) is 17.8. The molecule has 0 saturated carbocycles. The number of rotatable bonds is 17. The van der Waals surface area contributed by atoms with Crippen LogP contribution in [-0.2, 0) is 20.9 Å². The number of ether oxygens (including phenoxy) is 6. The summed E-state index contributed by atoms with van der Waals surface area (Å²) in [6.07, 6.45) is 0.663. The molecule has 0 spiro atoms. The normalized spacial score (nSPS) is 17.2. The van der Waals surface area contributed by atoms with Crippen LogP contribution in [0.4, 0.5) is 10.5 Å². The van der Waals surface area contributed by atoms with Crippen LogP contribution in [0.3, 0.4) is 0 Å². The second-order valence-corrected chi connectivity index (χ2v) is 12.2. The number of methoxy groups -OCH3 is 1. The molecule has 1 amide bonds. The smallest absolute Gasteiger partial charge is 0.407 e. The van der Waals surface area contributed by atoms with Gasteiger partial charge in [-0.1, -0.05) is 35.9 Å². The van der Waals surface area contributed by atoms with Crippen LogP contribution in [0.1, 0.15) is 36.3 Å². The molecule has 2 aliphatic heterocycles. The van der Waals surface area contributed by atoms with E-state index in [-0.39, 0.29) is 19.1 Å². The Balaban J connectivity index is 1.25. The molecule has 1 saturated heterocycles. The van der Waals surface area contributed by atoms with Crippen molar-refractivity contribution in [2.24, 2.45) is 0 Å². The Morgan fingerprint density at radius 3 is 2.49 bits per heavy atom. The molecule has 3 aromatic rings. The third-order valence-corrected chi connectivity index (χ3v) is 8.74. The fourth-order valence-electron chi connectivity index (χ4n) is 6.01. The molecule has 2 atom stereocenters. The van der Waals surface area contributed by atoms with Crippen LogP contribution in [0.15, 0.2) is 60.7 Å². The number of carbonyl (C=O) groups is 2. The quantitative estimate of drug-likeness (QED) is 0.162. The molecule has 0 unspecified atom stereocenters. The number of carboxylic acid groups (broad SMARTS) is 2. The van der Waals surface area contributed by atoms with Crippen molar-refractivity contribution < 1.29 is 48.2 Å². The summed E-state index contributed by atoms with van der Waals surface area (Å²) in [7, 11) is 1.66. The van der Waals surface area contributed by atoms with Gasteiger partial charge in [0, 0.05) is 39.1 Å². The first-order valence-electron chi connectivity index (χ1n) is 16.4. The molecule has 0 radical (unpaired) electrons. The van der Waals surface area contributed by atoms with E-state index in [1.807, 2.05) is 48.5 Å². The lowest BCUT2D eigenvalue weighted by molar-refractivity contribution is -0.139. The van der Waals surface area contributed by atoms with Crippen molar-refractivity contribution >= 4 is 29.4 Å². The van der Waals surface area contributed by atoms with Crippen molar-refractivity contribution in [2.75, 3.05) is 71.2 Å². The van der Waals surface area contributed by atoms with Crippen molar-refractivity contribution in [1.29, 1.82) is 0 Å². The number of para-hydroxylation sites is 1. The number of hydrogen-bond donors (Lipinski definition) is 2. The zero-order valence-corrected chi connectivity index (χ0v) is 28.3. The third kappa shape index (κ3) is 10.1. The fraction of sp³-hybridized carbons (Fsp3) is 0.444. The van der Waals surface area contributed by atoms with Crippen LogP contribution in [0, 0.1) is 0 Å².